The molecule has 0 N–H and O–H groups in total. The molecule has 0 aliphatic carbocycles. The molecule has 0 bridgehead atoms. The quantitative estimate of drug-likeness (QED) is 0.776. The molecule has 0 radical (unpaired) electrons. The van der Waals surface area contributed by atoms with Gasteiger partial charge in [-0.2, -0.15) is 18.4 Å². The third-order valence-electron chi connectivity index (χ3n) is 1.99. The minimum absolute atomic E-state index is 0.0205. The summed E-state index contributed by atoms with van der Waals surface area (Å²) in [7, 11) is 0. The second-order valence-corrected chi connectivity index (χ2v) is 3.35. The van der Waals surface area contributed by atoms with E-state index in [9.17, 15) is 13.2 Å². The van der Waals surface area contributed by atoms with Crippen molar-refractivity contribution in [2.75, 3.05) is 6.61 Å². The van der Waals surface area contributed by atoms with Crippen molar-refractivity contribution in [3.63, 3.8) is 0 Å². The van der Waals surface area contributed by atoms with E-state index in [0.29, 0.717) is 0 Å². The summed E-state index contributed by atoms with van der Waals surface area (Å²) in [4.78, 5) is 3.31. The molecule has 3 nitrogen and oxygen atoms in total. The van der Waals surface area contributed by atoms with Crippen LogP contribution in [0, 0.1) is 11.3 Å². The zero-order valence-electron chi connectivity index (χ0n) is 9.66. The molecule has 0 amide bonds. The van der Waals surface area contributed by atoms with Crippen molar-refractivity contribution in [3.8, 4) is 11.9 Å². The van der Waals surface area contributed by atoms with Crippen LogP contribution < -0.4 is 4.74 Å². The van der Waals surface area contributed by atoms with E-state index >= 15 is 0 Å². The van der Waals surface area contributed by atoms with Crippen molar-refractivity contribution in [1.29, 1.82) is 5.26 Å². The van der Waals surface area contributed by atoms with E-state index in [-0.39, 0.29) is 18.1 Å². The van der Waals surface area contributed by atoms with Crippen LogP contribution in [0.25, 0.3) is 0 Å². The molecule has 0 aliphatic heterocycles. The predicted octanol–water partition coefficient (Wildman–Crippen LogP) is 3.32. The Labute approximate surface area is 103 Å². The van der Waals surface area contributed by atoms with Crippen LogP contribution in [-0.2, 0) is 6.18 Å². The lowest BCUT2D eigenvalue weighted by Crippen LogP contribution is -2.10. The Morgan fingerprint density at radius 3 is 2.67 bits per heavy atom. The van der Waals surface area contributed by atoms with E-state index in [1.165, 1.54) is 0 Å². The standard InChI is InChI=1S/C12H11F3N2O/c1-2-3-4-7-18-11-9(8-16)5-6-10(17-11)12(13,14)15/h3-6H,2,7H2,1H3. The summed E-state index contributed by atoms with van der Waals surface area (Å²) in [6.07, 6.45) is -0.293. The van der Waals surface area contributed by atoms with E-state index in [4.69, 9.17) is 10.00 Å². The number of rotatable bonds is 4. The van der Waals surface area contributed by atoms with E-state index in [2.05, 4.69) is 4.98 Å². The molecule has 1 heterocycles. The summed E-state index contributed by atoms with van der Waals surface area (Å²) in [6, 6.07) is 3.54. The lowest BCUT2D eigenvalue weighted by molar-refractivity contribution is -0.141. The monoisotopic (exact) mass is 256 g/mol. The van der Waals surface area contributed by atoms with Crippen LogP contribution in [0.2, 0.25) is 0 Å². The van der Waals surface area contributed by atoms with Crippen LogP contribution in [0.1, 0.15) is 24.6 Å². The fourth-order valence-corrected chi connectivity index (χ4v) is 1.16. The molecular weight excluding hydrogens is 245 g/mol. The number of nitrogens with zero attached hydrogens (tertiary/aromatic N) is 2. The van der Waals surface area contributed by atoms with Gasteiger partial charge in [-0.1, -0.05) is 19.1 Å². The van der Waals surface area contributed by atoms with Gasteiger partial charge < -0.3 is 4.74 Å². The molecule has 0 unspecified atom stereocenters. The summed E-state index contributed by atoms with van der Waals surface area (Å²) >= 11 is 0. The Bertz CT molecular complexity index is 475. The number of pyridine rings is 1. The van der Waals surface area contributed by atoms with Crippen molar-refractivity contribution in [1.82, 2.24) is 4.98 Å². The largest absolute Gasteiger partial charge is 0.472 e. The second-order valence-electron chi connectivity index (χ2n) is 3.35. The molecule has 18 heavy (non-hydrogen) atoms. The van der Waals surface area contributed by atoms with Gasteiger partial charge in [-0.3, -0.25) is 0 Å². The van der Waals surface area contributed by atoms with Crippen molar-refractivity contribution < 1.29 is 17.9 Å². The van der Waals surface area contributed by atoms with E-state index < -0.39 is 11.9 Å². The van der Waals surface area contributed by atoms with Gasteiger partial charge in [0, 0.05) is 0 Å². The zero-order valence-corrected chi connectivity index (χ0v) is 9.66. The fourth-order valence-electron chi connectivity index (χ4n) is 1.16. The molecule has 1 aromatic rings. The Kier molecular flexibility index (Phi) is 4.72. The third-order valence-corrected chi connectivity index (χ3v) is 1.99. The Morgan fingerprint density at radius 1 is 1.39 bits per heavy atom. The molecule has 1 rings (SSSR count). The first kappa shape index (κ1) is 14.0. The van der Waals surface area contributed by atoms with Gasteiger partial charge in [0.15, 0.2) is 0 Å². The highest BCUT2D eigenvalue weighted by molar-refractivity contribution is 5.39. The van der Waals surface area contributed by atoms with E-state index in [1.807, 2.05) is 6.92 Å². The van der Waals surface area contributed by atoms with Crippen molar-refractivity contribution >= 4 is 0 Å². The van der Waals surface area contributed by atoms with E-state index in [0.717, 1.165) is 18.6 Å². The number of ether oxygens (including phenoxy) is 1. The first-order chi connectivity index (χ1) is 8.49. The van der Waals surface area contributed by atoms with Crippen molar-refractivity contribution in [3.05, 3.63) is 35.5 Å². The van der Waals surface area contributed by atoms with Crippen LogP contribution in [0.15, 0.2) is 24.3 Å². The van der Waals surface area contributed by atoms with Gasteiger partial charge >= 0.3 is 6.18 Å². The summed E-state index contributed by atoms with van der Waals surface area (Å²) in [5.74, 6) is -0.298. The molecule has 0 aromatic carbocycles. The average Bonchev–Trinajstić information content (AvgIpc) is 2.33. The number of halogens is 3. The van der Waals surface area contributed by atoms with Gasteiger partial charge in [-0.15, -0.1) is 0 Å². The number of allylic oxidation sites excluding steroid dienone is 1. The first-order valence-corrected chi connectivity index (χ1v) is 5.25. The highest BCUT2D eigenvalue weighted by Gasteiger charge is 2.33. The first-order valence-electron chi connectivity index (χ1n) is 5.25. The van der Waals surface area contributed by atoms with Gasteiger partial charge in [0.25, 0.3) is 0 Å². The maximum absolute atomic E-state index is 12.4. The SMILES string of the molecule is CCC=CCOc1nc(C(F)(F)F)ccc1C#N. The van der Waals surface area contributed by atoms with Gasteiger partial charge in [0.1, 0.15) is 23.9 Å². The number of aromatic nitrogens is 1. The van der Waals surface area contributed by atoms with Crippen molar-refractivity contribution in [2.24, 2.45) is 0 Å². The van der Waals surface area contributed by atoms with Crippen LogP contribution in [-0.4, -0.2) is 11.6 Å². The maximum Gasteiger partial charge on any atom is 0.433 e. The molecule has 0 saturated carbocycles. The minimum Gasteiger partial charge on any atom is -0.472 e. The topological polar surface area (TPSA) is 45.9 Å². The second kappa shape index (κ2) is 6.05. The number of nitriles is 1. The predicted molar refractivity (Wildman–Crippen MR) is 58.9 cm³/mol. The van der Waals surface area contributed by atoms with E-state index in [1.54, 1.807) is 18.2 Å². The Hall–Kier alpha value is -2.03. The highest BCUT2D eigenvalue weighted by atomic mass is 19.4. The lowest BCUT2D eigenvalue weighted by atomic mass is 10.2. The van der Waals surface area contributed by atoms with Gasteiger partial charge in [-0.05, 0) is 18.6 Å². The van der Waals surface area contributed by atoms with Crippen LogP contribution >= 0.6 is 0 Å². The number of alkyl halides is 3. The normalized spacial score (nSPS) is 11.5. The summed E-state index contributed by atoms with van der Waals surface area (Å²) in [5, 5.41) is 8.75. The summed E-state index contributed by atoms with van der Waals surface area (Å²) in [6.45, 7) is 2.00. The van der Waals surface area contributed by atoms with Crippen molar-refractivity contribution in [2.45, 2.75) is 19.5 Å². The molecule has 0 atom stereocenters. The van der Waals surface area contributed by atoms with Gasteiger partial charge in [-0.25, -0.2) is 4.98 Å². The van der Waals surface area contributed by atoms with Gasteiger partial charge in [0.2, 0.25) is 5.88 Å². The fraction of sp³-hybridized carbons (Fsp3) is 0.333. The number of hydrogen-bond acceptors (Lipinski definition) is 3. The summed E-state index contributed by atoms with van der Waals surface area (Å²) in [5.41, 5.74) is -1.09. The maximum atomic E-state index is 12.4. The molecule has 0 saturated heterocycles. The Balaban J connectivity index is 2.93. The average molecular weight is 256 g/mol. The summed E-state index contributed by atoms with van der Waals surface area (Å²) < 4.78 is 42.3. The molecule has 1 aromatic heterocycles. The molecule has 0 spiro atoms. The zero-order chi connectivity index (χ0) is 13.6. The third kappa shape index (κ3) is 3.77. The molecule has 0 fully saturated rings. The van der Waals surface area contributed by atoms with Crippen LogP contribution in [0.4, 0.5) is 13.2 Å². The highest BCUT2D eigenvalue weighted by Crippen LogP contribution is 2.29. The molecule has 96 valence electrons. The number of hydrogen-bond donors (Lipinski definition) is 0. The van der Waals surface area contributed by atoms with Gasteiger partial charge in [0.05, 0.1) is 0 Å². The Morgan fingerprint density at radius 2 is 2.11 bits per heavy atom. The van der Waals surface area contributed by atoms with Crippen LogP contribution in [0.5, 0.6) is 5.88 Å². The van der Waals surface area contributed by atoms with Crippen LogP contribution in [0.3, 0.4) is 0 Å². The smallest absolute Gasteiger partial charge is 0.433 e. The molecule has 0 aliphatic rings. The molecule has 6 heteroatoms. The lowest BCUT2D eigenvalue weighted by Gasteiger charge is -2.09. The minimum atomic E-state index is -4.55. The molecular formula is C12H11F3N2O.